The van der Waals surface area contributed by atoms with Crippen LogP contribution >= 0.6 is 0 Å². The summed E-state index contributed by atoms with van der Waals surface area (Å²) in [6, 6.07) is 7.96. The molecule has 1 heterocycles. The molecule has 0 amide bonds. The minimum atomic E-state index is -0.377. The number of para-hydroxylation sites is 2. The lowest BCUT2D eigenvalue weighted by atomic mass is 10.0. The normalized spacial score (nSPS) is 14.8. The van der Waals surface area contributed by atoms with Gasteiger partial charge in [0.2, 0.25) is 0 Å². The summed E-state index contributed by atoms with van der Waals surface area (Å²) in [6.45, 7) is 3.30. The van der Waals surface area contributed by atoms with Crippen LogP contribution < -0.4 is 0 Å². The number of methoxy groups -OCH3 is 1. The van der Waals surface area contributed by atoms with Crippen molar-refractivity contribution >= 4 is 11.0 Å². The van der Waals surface area contributed by atoms with Crippen molar-refractivity contribution in [3.05, 3.63) is 30.6 Å². The first-order chi connectivity index (χ1) is 8.72. The van der Waals surface area contributed by atoms with Crippen molar-refractivity contribution < 1.29 is 9.84 Å². The molecule has 0 bridgehead atoms. The average molecular weight is 248 g/mol. The summed E-state index contributed by atoms with van der Waals surface area (Å²) in [5.74, 6) is 0.214. The molecule has 1 N–H and O–H groups in total. The van der Waals surface area contributed by atoms with Crippen molar-refractivity contribution in [2.45, 2.75) is 26.0 Å². The molecule has 1 aromatic carbocycles. The standard InChI is InChI=1S/C14H20N2O2/c1-11(7-8-18-2)14(17)9-16-10-15-12-5-3-4-6-13(12)16/h3-6,10-11,14,17H,7-9H2,1-2H3. The maximum Gasteiger partial charge on any atom is 0.0959 e. The number of ether oxygens (including phenoxy) is 1. The Morgan fingerprint density at radius 1 is 1.39 bits per heavy atom. The number of aliphatic hydroxyl groups excluding tert-OH is 1. The van der Waals surface area contributed by atoms with Crippen LogP contribution in [0.1, 0.15) is 13.3 Å². The zero-order valence-corrected chi connectivity index (χ0v) is 10.9. The summed E-state index contributed by atoms with van der Waals surface area (Å²) in [5, 5.41) is 10.2. The van der Waals surface area contributed by atoms with E-state index in [1.165, 1.54) is 0 Å². The highest BCUT2D eigenvalue weighted by molar-refractivity contribution is 5.74. The van der Waals surface area contributed by atoms with E-state index in [4.69, 9.17) is 4.74 Å². The lowest BCUT2D eigenvalue weighted by Gasteiger charge is -2.19. The van der Waals surface area contributed by atoms with Crippen molar-refractivity contribution in [3.8, 4) is 0 Å². The molecule has 2 aromatic rings. The van der Waals surface area contributed by atoms with Gasteiger partial charge in [0.25, 0.3) is 0 Å². The third-order valence-corrected chi connectivity index (χ3v) is 3.35. The number of aliphatic hydroxyl groups is 1. The maximum atomic E-state index is 10.2. The van der Waals surface area contributed by atoms with Gasteiger partial charge in [0.15, 0.2) is 0 Å². The number of hydrogen-bond acceptors (Lipinski definition) is 3. The molecule has 1 aromatic heterocycles. The number of nitrogens with zero attached hydrogens (tertiary/aromatic N) is 2. The monoisotopic (exact) mass is 248 g/mol. The molecule has 0 aliphatic rings. The summed E-state index contributed by atoms with van der Waals surface area (Å²) in [7, 11) is 1.68. The van der Waals surface area contributed by atoms with Gasteiger partial charge in [0.1, 0.15) is 0 Å². The Kier molecular flexibility index (Phi) is 4.33. The number of imidazole rings is 1. The lowest BCUT2D eigenvalue weighted by Crippen LogP contribution is -2.24. The highest BCUT2D eigenvalue weighted by atomic mass is 16.5. The highest BCUT2D eigenvalue weighted by Crippen LogP contribution is 2.15. The number of hydrogen-bond donors (Lipinski definition) is 1. The number of benzene rings is 1. The molecule has 2 unspecified atom stereocenters. The van der Waals surface area contributed by atoms with Gasteiger partial charge in [-0.05, 0) is 24.5 Å². The van der Waals surface area contributed by atoms with Crippen molar-refractivity contribution in [1.82, 2.24) is 9.55 Å². The van der Waals surface area contributed by atoms with Crippen molar-refractivity contribution in [2.75, 3.05) is 13.7 Å². The van der Waals surface area contributed by atoms with Crippen molar-refractivity contribution in [3.63, 3.8) is 0 Å². The van der Waals surface area contributed by atoms with E-state index in [9.17, 15) is 5.11 Å². The molecule has 0 saturated carbocycles. The third kappa shape index (κ3) is 2.89. The van der Waals surface area contributed by atoms with E-state index in [-0.39, 0.29) is 12.0 Å². The molecule has 18 heavy (non-hydrogen) atoms. The number of rotatable bonds is 6. The van der Waals surface area contributed by atoms with Gasteiger partial charge in [-0.3, -0.25) is 0 Å². The minimum Gasteiger partial charge on any atom is -0.391 e. The summed E-state index contributed by atoms with van der Waals surface area (Å²) in [4.78, 5) is 4.32. The smallest absolute Gasteiger partial charge is 0.0959 e. The van der Waals surface area contributed by atoms with Crippen LogP contribution in [0.5, 0.6) is 0 Å². The van der Waals surface area contributed by atoms with Gasteiger partial charge in [0.05, 0.1) is 30.0 Å². The fourth-order valence-corrected chi connectivity index (χ4v) is 2.03. The van der Waals surface area contributed by atoms with E-state index < -0.39 is 0 Å². The zero-order chi connectivity index (χ0) is 13.0. The van der Waals surface area contributed by atoms with Gasteiger partial charge in [-0.1, -0.05) is 19.1 Å². The van der Waals surface area contributed by atoms with E-state index in [1.807, 2.05) is 35.8 Å². The zero-order valence-electron chi connectivity index (χ0n) is 10.9. The Morgan fingerprint density at radius 2 is 2.17 bits per heavy atom. The van der Waals surface area contributed by atoms with E-state index in [1.54, 1.807) is 13.4 Å². The molecular formula is C14H20N2O2. The van der Waals surface area contributed by atoms with Crippen LogP contribution in [0.4, 0.5) is 0 Å². The summed E-state index contributed by atoms with van der Waals surface area (Å²) < 4.78 is 7.04. The molecule has 0 radical (unpaired) electrons. The minimum absolute atomic E-state index is 0.214. The summed E-state index contributed by atoms with van der Waals surface area (Å²) >= 11 is 0. The number of aromatic nitrogens is 2. The number of fused-ring (bicyclic) bond motifs is 1. The first-order valence-electron chi connectivity index (χ1n) is 6.29. The molecular weight excluding hydrogens is 228 g/mol. The predicted octanol–water partition coefficient (Wildman–Crippen LogP) is 2.07. The van der Waals surface area contributed by atoms with E-state index in [0.717, 1.165) is 17.5 Å². The van der Waals surface area contributed by atoms with Gasteiger partial charge in [-0.2, -0.15) is 0 Å². The van der Waals surface area contributed by atoms with Gasteiger partial charge in [0, 0.05) is 13.7 Å². The second kappa shape index (κ2) is 5.98. The second-order valence-corrected chi connectivity index (χ2v) is 4.71. The van der Waals surface area contributed by atoms with Gasteiger partial charge in [-0.25, -0.2) is 4.98 Å². The van der Waals surface area contributed by atoms with Crippen LogP contribution in [0.25, 0.3) is 11.0 Å². The second-order valence-electron chi connectivity index (χ2n) is 4.71. The SMILES string of the molecule is COCCC(C)C(O)Cn1cnc2ccccc21. The Hall–Kier alpha value is -1.39. The van der Waals surface area contributed by atoms with Crippen LogP contribution in [0.2, 0.25) is 0 Å². The molecule has 0 fully saturated rings. The quantitative estimate of drug-likeness (QED) is 0.851. The highest BCUT2D eigenvalue weighted by Gasteiger charge is 2.15. The van der Waals surface area contributed by atoms with Crippen LogP contribution in [0.15, 0.2) is 30.6 Å². The van der Waals surface area contributed by atoms with Crippen LogP contribution in [0, 0.1) is 5.92 Å². The van der Waals surface area contributed by atoms with E-state index >= 15 is 0 Å². The molecule has 0 spiro atoms. The molecule has 4 nitrogen and oxygen atoms in total. The topological polar surface area (TPSA) is 47.3 Å². The van der Waals surface area contributed by atoms with Gasteiger partial charge in [-0.15, -0.1) is 0 Å². The Morgan fingerprint density at radius 3 is 2.94 bits per heavy atom. The predicted molar refractivity (Wildman–Crippen MR) is 71.4 cm³/mol. The van der Waals surface area contributed by atoms with Crippen LogP contribution in [-0.2, 0) is 11.3 Å². The van der Waals surface area contributed by atoms with Crippen LogP contribution in [-0.4, -0.2) is 34.5 Å². The van der Waals surface area contributed by atoms with Crippen molar-refractivity contribution in [2.24, 2.45) is 5.92 Å². The van der Waals surface area contributed by atoms with Crippen molar-refractivity contribution in [1.29, 1.82) is 0 Å². The molecule has 0 aliphatic heterocycles. The average Bonchev–Trinajstić information content (AvgIpc) is 2.79. The summed E-state index contributed by atoms with van der Waals surface area (Å²) in [5.41, 5.74) is 2.03. The molecule has 0 aliphatic carbocycles. The first-order valence-corrected chi connectivity index (χ1v) is 6.29. The van der Waals surface area contributed by atoms with Gasteiger partial charge >= 0.3 is 0 Å². The largest absolute Gasteiger partial charge is 0.391 e. The third-order valence-electron chi connectivity index (χ3n) is 3.35. The Labute approximate surface area is 107 Å². The molecule has 2 rings (SSSR count). The first kappa shape index (κ1) is 13.1. The molecule has 2 atom stereocenters. The van der Waals surface area contributed by atoms with E-state index in [0.29, 0.717) is 13.2 Å². The Bertz CT molecular complexity index is 495. The molecule has 98 valence electrons. The lowest BCUT2D eigenvalue weighted by molar-refractivity contribution is 0.0760. The fraction of sp³-hybridized carbons (Fsp3) is 0.500. The fourth-order valence-electron chi connectivity index (χ4n) is 2.03. The maximum absolute atomic E-state index is 10.2. The van der Waals surface area contributed by atoms with E-state index in [2.05, 4.69) is 4.98 Å². The van der Waals surface area contributed by atoms with Gasteiger partial charge < -0.3 is 14.4 Å². The summed E-state index contributed by atoms with van der Waals surface area (Å²) in [6.07, 6.45) is 2.28. The Balaban J connectivity index is 2.04. The van der Waals surface area contributed by atoms with Crippen LogP contribution in [0.3, 0.4) is 0 Å². The molecule has 0 saturated heterocycles. The molecule has 4 heteroatoms.